The Balaban J connectivity index is 3.09. The highest BCUT2D eigenvalue weighted by atomic mass is 28.3. The Morgan fingerprint density at radius 3 is 1.91 bits per heavy atom. The summed E-state index contributed by atoms with van der Waals surface area (Å²) in [4.78, 5) is 62.2. The SMILES string of the molecule is CC(=O)C(C)OC(=O)C(C)CC(CC1C(=O)OC(=O)C1CC(C)C[Si](C)(C)C)C(=O)OC(C)(C)C. The Labute approximate surface area is 210 Å². The second kappa shape index (κ2) is 12.3. The summed E-state index contributed by atoms with van der Waals surface area (Å²) in [5, 5.41) is 0. The molecule has 6 atom stereocenters. The van der Waals surface area contributed by atoms with Gasteiger partial charge in [-0.15, -0.1) is 0 Å². The fourth-order valence-corrected chi connectivity index (χ4v) is 6.80. The predicted octanol–water partition coefficient (Wildman–Crippen LogP) is 4.56. The zero-order valence-corrected chi connectivity index (χ0v) is 24.1. The van der Waals surface area contributed by atoms with Crippen LogP contribution in [0.3, 0.4) is 0 Å². The Bertz CT molecular complexity index is 807. The van der Waals surface area contributed by atoms with Crippen LogP contribution in [0.15, 0.2) is 0 Å². The van der Waals surface area contributed by atoms with Crippen LogP contribution in [0.25, 0.3) is 0 Å². The maximum atomic E-state index is 13.1. The average molecular weight is 513 g/mol. The Kier molecular flexibility index (Phi) is 10.9. The first-order valence-electron chi connectivity index (χ1n) is 12.5. The highest BCUT2D eigenvalue weighted by Crippen LogP contribution is 2.38. The average Bonchev–Trinajstić information content (AvgIpc) is 2.90. The van der Waals surface area contributed by atoms with E-state index in [0.717, 1.165) is 6.04 Å². The molecule has 1 heterocycles. The molecule has 0 bridgehead atoms. The van der Waals surface area contributed by atoms with E-state index >= 15 is 0 Å². The third kappa shape index (κ3) is 10.6. The summed E-state index contributed by atoms with van der Waals surface area (Å²) in [6, 6.07) is 1.00. The van der Waals surface area contributed by atoms with E-state index < -0.39 is 67.3 Å². The number of carbonyl (C=O) groups excluding carboxylic acids is 5. The number of carbonyl (C=O) groups is 5. The number of ether oxygens (including phenoxy) is 3. The van der Waals surface area contributed by atoms with E-state index in [1.165, 1.54) is 13.8 Å². The van der Waals surface area contributed by atoms with Crippen LogP contribution in [0.5, 0.6) is 0 Å². The van der Waals surface area contributed by atoms with Crippen LogP contribution in [-0.4, -0.2) is 49.4 Å². The predicted molar refractivity (Wildman–Crippen MR) is 134 cm³/mol. The smallest absolute Gasteiger partial charge is 0.317 e. The van der Waals surface area contributed by atoms with Crippen molar-refractivity contribution in [3.05, 3.63) is 0 Å². The largest absolute Gasteiger partial charge is 0.460 e. The number of ketones is 1. The fraction of sp³-hybridized carbons (Fsp3) is 0.808. The van der Waals surface area contributed by atoms with Crippen molar-refractivity contribution in [1.29, 1.82) is 0 Å². The number of hydrogen-bond acceptors (Lipinski definition) is 8. The van der Waals surface area contributed by atoms with Crippen molar-refractivity contribution in [2.75, 3.05) is 0 Å². The molecule has 0 aromatic carbocycles. The van der Waals surface area contributed by atoms with Gasteiger partial charge in [0.2, 0.25) is 0 Å². The highest BCUT2D eigenvalue weighted by molar-refractivity contribution is 6.76. The van der Waals surface area contributed by atoms with Gasteiger partial charge in [-0.2, -0.15) is 0 Å². The molecule has 1 rings (SSSR count). The summed E-state index contributed by atoms with van der Waals surface area (Å²) in [5.41, 5.74) is -0.764. The maximum Gasteiger partial charge on any atom is 0.317 e. The second-order valence-electron chi connectivity index (χ2n) is 12.4. The standard InChI is InChI=1S/C26H44O8Si/c1-15(14-35(8,9)10)11-20-21(25(31)33-24(20)30)13-19(23(29)34-26(5,6)7)12-16(2)22(28)32-18(4)17(3)27/h15-16,18-21H,11-14H2,1-10H3. The van der Waals surface area contributed by atoms with Gasteiger partial charge in [0.25, 0.3) is 0 Å². The number of rotatable bonds is 12. The second-order valence-corrected chi connectivity index (χ2v) is 17.9. The van der Waals surface area contributed by atoms with Gasteiger partial charge in [-0.3, -0.25) is 24.0 Å². The van der Waals surface area contributed by atoms with Crippen LogP contribution in [0, 0.1) is 29.6 Å². The Hall–Kier alpha value is -2.03. The van der Waals surface area contributed by atoms with Gasteiger partial charge in [-0.05, 0) is 59.8 Å². The molecule has 0 radical (unpaired) electrons. The molecule has 1 fully saturated rings. The van der Waals surface area contributed by atoms with E-state index in [1.807, 2.05) is 0 Å². The van der Waals surface area contributed by atoms with Crippen LogP contribution in [0.1, 0.15) is 67.7 Å². The number of esters is 4. The molecule has 1 saturated heterocycles. The zero-order valence-electron chi connectivity index (χ0n) is 23.1. The molecule has 0 aromatic rings. The minimum absolute atomic E-state index is 0.0453. The third-order valence-electron chi connectivity index (χ3n) is 6.09. The first-order chi connectivity index (χ1) is 15.8. The van der Waals surface area contributed by atoms with E-state index in [1.54, 1.807) is 27.7 Å². The van der Waals surface area contributed by atoms with Crippen LogP contribution >= 0.6 is 0 Å². The molecule has 0 aliphatic carbocycles. The third-order valence-corrected chi connectivity index (χ3v) is 8.02. The highest BCUT2D eigenvalue weighted by Gasteiger charge is 2.47. The lowest BCUT2D eigenvalue weighted by atomic mass is 9.79. The van der Waals surface area contributed by atoms with Crippen molar-refractivity contribution >= 4 is 37.7 Å². The molecule has 1 aliphatic heterocycles. The Morgan fingerprint density at radius 2 is 1.46 bits per heavy atom. The molecule has 6 unspecified atom stereocenters. The quantitative estimate of drug-likeness (QED) is 0.162. The summed E-state index contributed by atoms with van der Waals surface area (Å²) in [5.74, 6) is -5.31. The lowest BCUT2D eigenvalue weighted by molar-refractivity contribution is -0.164. The van der Waals surface area contributed by atoms with E-state index in [9.17, 15) is 24.0 Å². The van der Waals surface area contributed by atoms with Gasteiger partial charge < -0.3 is 14.2 Å². The molecular formula is C26H44O8Si. The number of hydrogen-bond donors (Lipinski definition) is 0. The van der Waals surface area contributed by atoms with E-state index in [4.69, 9.17) is 14.2 Å². The monoisotopic (exact) mass is 512 g/mol. The summed E-state index contributed by atoms with van der Waals surface area (Å²) >= 11 is 0. The van der Waals surface area contributed by atoms with Crippen molar-refractivity contribution in [3.63, 3.8) is 0 Å². The first kappa shape index (κ1) is 31.0. The first-order valence-corrected chi connectivity index (χ1v) is 16.2. The lowest BCUT2D eigenvalue weighted by Gasteiger charge is -2.28. The molecule has 0 saturated carbocycles. The van der Waals surface area contributed by atoms with Crippen LogP contribution in [0.4, 0.5) is 0 Å². The minimum Gasteiger partial charge on any atom is -0.460 e. The van der Waals surface area contributed by atoms with Crippen molar-refractivity contribution < 1.29 is 38.2 Å². The van der Waals surface area contributed by atoms with Crippen LogP contribution in [-0.2, 0) is 38.2 Å². The van der Waals surface area contributed by atoms with Gasteiger partial charge in [0.15, 0.2) is 11.9 Å². The normalized spacial score (nSPS) is 22.1. The van der Waals surface area contributed by atoms with Crippen molar-refractivity contribution in [2.24, 2.45) is 29.6 Å². The van der Waals surface area contributed by atoms with E-state index in [-0.39, 0.29) is 24.5 Å². The molecule has 200 valence electrons. The van der Waals surface area contributed by atoms with E-state index in [2.05, 4.69) is 26.6 Å². The molecule has 35 heavy (non-hydrogen) atoms. The van der Waals surface area contributed by atoms with Crippen LogP contribution in [0.2, 0.25) is 25.7 Å². The van der Waals surface area contributed by atoms with Gasteiger partial charge in [0.05, 0.1) is 23.7 Å². The van der Waals surface area contributed by atoms with Gasteiger partial charge in [-0.1, -0.05) is 39.5 Å². The van der Waals surface area contributed by atoms with Crippen molar-refractivity contribution in [1.82, 2.24) is 0 Å². The molecule has 0 amide bonds. The Morgan fingerprint density at radius 1 is 0.943 bits per heavy atom. The van der Waals surface area contributed by atoms with Gasteiger partial charge in [0.1, 0.15) is 5.60 Å². The van der Waals surface area contributed by atoms with Crippen molar-refractivity contribution in [3.8, 4) is 0 Å². The van der Waals surface area contributed by atoms with Gasteiger partial charge in [0, 0.05) is 8.07 Å². The topological polar surface area (TPSA) is 113 Å². The molecule has 9 heteroatoms. The zero-order chi connectivity index (χ0) is 27.3. The maximum absolute atomic E-state index is 13.1. The molecule has 0 spiro atoms. The summed E-state index contributed by atoms with van der Waals surface area (Å²) in [7, 11) is -1.37. The number of cyclic esters (lactones) is 2. The summed E-state index contributed by atoms with van der Waals surface area (Å²) in [6.07, 6.45) is -0.268. The summed E-state index contributed by atoms with van der Waals surface area (Å²) < 4.78 is 15.8. The molecule has 0 N–H and O–H groups in total. The molecule has 1 aliphatic rings. The minimum atomic E-state index is -1.37. The number of Topliss-reactive ketones (excluding diaryl/α,β-unsaturated/α-hetero) is 1. The van der Waals surface area contributed by atoms with Gasteiger partial charge in [-0.25, -0.2) is 0 Å². The summed E-state index contributed by atoms with van der Waals surface area (Å²) in [6.45, 7) is 18.5. The lowest BCUT2D eigenvalue weighted by Crippen LogP contribution is -2.34. The molecule has 0 aromatic heterocycles. The van der Waals surface area contributed by atoms with E-state index in [0.29, 0.717) is 6.42 Å². The molecular weight excluding hydrogens is 468 g/mol. The fourth-order valence-electron chi connectivity index (χ4n) is 4.54. The molecule has 8 nitrogen and oxygen atoms in total. The van der Waals surface area contributed by atoms with Crippen molar-refractivity contribution in [2.45, 2.75) is 105 Å². The van der Waals surface area contributed by atoms with Gasteiger partial charge >= 0.3 is 23.9 Å². The van der Waals surface area contributed by atoms with Crippen LogP contribution < -0.4 is 0 Å².